The first-order valence-electron chi connectivity index (χ1n) is 4.67. The number of hydrogen-bond donors (Lipinski definition) is 2. The molecular formula is C10H15N3O2. The molecule has 1 unspecified atom stereocenters. The third-order valence-corrected chi connectivity index (χ3v) is 1.96. The Morgan fingerprint density at radius 2 is 2.53 bits per heavy atom. The summed E-state index contributed by atoms with van der Waals surface area (Å²) in [5.74, 6) is -0.417. The van der Waals surface area contributed by atoms with Gasteiger partial charge in [-0.05, 0) is 11.6 Å². The lowest BCUT2D eigenvalue weighted by atomic mass is 10.1. The van der Waals surface area contributed by atoms with Crippen LogP contribution in [0, 0.1) is 0 Å². The summed E-state index contributed by atoms with van der Waals surface area (Å²) in [6, 6.07) is 3.07. The van der Waals surface area contributed by atoms with Gasteiger partial charge in [-0.3, -0.25) is 15.1 Å². The summed E-state index contributed by atoms with van der Waals surface area (Å²) in [7, 11) is 1.60. The van der Waals surface area contributed by atoms with Crippen LogP contribution in [0.2, 0.25) is 0 Å². The summed E-state index contributed by atoms with van der Waals surface area (Å²) < 4.78 is 4.88. The minimum Gasteiger partial charge on any atom is -0.383 e. The number of hydrogen-bond acceptors (Lipinski definition) is 4. The summed E-state index contributed by atoms with van der Waals surface area (Å²) in [5, 5.41) is 3.00. The molecule has 5 heteroatoms. The molecule has 0 fully saturated rings. The monoisotopic (exact) mass is 209 g/mol. The molecule has 0 spiro atoms. The van der Waals surface area contributed by atoms with E-state index in [-0.39, 0.29) is 0 Å². The number of carbonyl (C=O) groups excluding carboxylic acids is 1. The van der Waals surface area contributed by atoms with Crippen molar-refractivity contribution in [3.63, 3.8) is 0 Å². The van der Waals surface area contributed by atoms with Crippen LogP contribution in [0.3, 0.4) is 0 Å². The Kier molecular flexibility index (Phi) is 4.73. The standard InChI is InChI=1S/C10H15N3O2/c1-15-6-5-13-9(10(11)14)8-3-2-4-12-7-8/h2-4,7,9,13H,5-6H2,1H3,(H2,11,14). The molecule has 0 aliphatic heterocycles. The van der Waals surface area contributed by atoms with Gasteiger partial charge in [0.25, 0.3) is 0 Å². The Bertz CT molecular complexity index is 303. The number of nitrogens with zero attached hydrogens (tertiary/aromatic N) is 1. The summed E-state index contributed by atoms with van der Waals surface area (Å²) >= 11 is 0. The van der Waals surface area contributed by atoms with E-state index in [9.17, 15) is 4.79 Å². The van der Waals surface area contributed by atoms with Crippen LogP contribution in [-0.2, 0) is 9.53 Å². The van der Waals surface area contributed by atoms with E-state index >= 15 is 0 Å². The molecule has 0 saturated carbocycles. The maximum atomic E-state index is 11.2. The first-order chi connectivity index (χ1) is 7.25. The first-order valence-corrected chi connectivity index (χ1v) is 4.67. The van der Waals surface area contributed by atoms with Gasteiger partial charge in [0.1, 0.15) is 6.04 Å². The molecule has 0 aromatic carbocycles. The van der Waals surface area contributed by atoms with Crippen LogP contribution in [-0.4, -0.2) is 31.2 Å². The Morgan fingerprint density at radius 3 is 3.07 bits per heavy atom. The lowest BCUT2D eigenvalue weighted by Gasteiger charge is -2.14. The van der Waals surface area contributed by atoms with Crippen molar-refractivity contribution in [1.29, 1.82) is 0 Å². The molecule has 82 valence electrons. The van der Waals surface area contributed by atoms with E-state index in [4.69, 9.17) is 10.5 Å². The number of nitrogens with one attached hydrogen (secondary N) is 1. The average molecular weight is 209 g/mol. The summed E-state index contributed by atoms with van der Waals surface area (Å²) in [6.45, 7) is 1.10. The molecule has 15 heavy (non-hydrogen) atoms. The van der Waals surface area contributed by atoms with Crippen LogP contribution < -0.4 is 11.1 Å². The molecular weight excluding hydrogens is 194 g/mol. The average Bonchev–Trinajstić information content (AvgIpc) is 2.25. The van der Waals surface area contributed by atoms with Gasteiger partial charge in [0.15, 0.2) is 0 Å². The summed E-state index contributed by atoms with van der Waals surface area (Å²) in [5.41, 5.74) is 6.05. The topological polar surface area (TPSA) is 77.2 Å². The van der Waals surface area contributed by atoms with Crippen LogP contribution >= 0.6 is 0 Å². The van der Waals surface area contributed by atoms with E-state index in [0.717, 1.165) is 5.56 Å². The van der Waals surface area contributed by atoms with Gasteiger partial charge in [0, 0.05) is 26.0 Å². The van der Waals surface area contributed by atoms with Crippen LogP contribution in [0.5, 0.6) is 0 Å². The van der Waals surface area contributed by atoms with Crippen molar-refractivity contribution in [2.45, 2.75) is 6.04 Å². The highest BCUT2D eigenvalue weighted by Gasteiger charge is 2.16. The number of pyridine rings is 1. The molecule has 0 aliphatic carbocycles. The molecule has 0 radical (unpaired) electrons. The fourth-order valence-electron chi connectivity index (χ4n) is 1.23. The summed E-state index contributed by atoms with van der Waals surface area (Å²) in [4.78, 5) is 15.1. The van der Waals surface area contributed by atoms with Crippen molar-refractivity contribution in [3.05, 3.63) is 30.1 Å². The normalized spacial score (nSPS) is 12.3. The number of ether oxygens (including phenoxy) is 1. The van der Waals surface area contributed by atoms with Gasteiger partial charge < -0.3 is 10.5 Å². The van der Waals surface area contributed by atoms with Crippen LogP contribution in [0.4, 0.5) is 0 Å². The number of nitrogens with two attached hydrogens (primary N) is 1. The van der Waals surface area contributed by atoms with Crippen LogP contribution in [0.25, 0.3) is 0 Å². The molecule has 1 rings (SSSR count). The lowest BCUT2D eigenvalue weighted by molar-refractivity contribution is -0.120. The zero-order valence-corrected chi connectivity index (χ0v) is 8.64. The number of aromatic nitrogens is 1. The van der Waals surface area contributed by atoms with Crippen molar-refractivity contribution >= 4 is 5.91 Å². The van der Waals surface area contributed by atoms with E-state index in [1.54, 1.807) is 25.6 Å². The van der Waals surface area contributed by atoms with Crippen molar-refractivity contribution in [2.75, 3.05) is 20.3 Å². The minimum atomic E-state index is -0.506. The van der Waals surface area contributed by atoms with Crippen molar-refractivity contribution in [3.8, 4) is 0 Å². The third-order valence-electron chi connectivity index (χ3n) is 1.96. The predicted molar refractivity (Wildman–Crippen MR) is 56.1 cm³/mol. The van der Waals surface area contributed by atoms with E-state index < -0.39 is 11.9 Å². The Balaban J connectivity index is 2.62. The van der Waals surface area contributed by atoms with Gasteiger partial charge in [-0.1, -0.05) is 6.07 Å². The fourth-order valence-corrected chi connectivity index (χ4v) is 1.23. The summed E-state index contributed by atoms with van der Waals surface area (Å²) in [6.07, 6.45) is 3.27. The molecule has 1 heterocycles. The van der Waals surface area contributed by atoms with Crippen molar-refractivity contribution < 1.29 is 9.53 Å². The number of primary amides is 1. The van der Waals surface area contributed by atoms with Crippen LogP contribution in [0.15, 0.2) is 24.5 Å². The van der Waals surface area contributed by atoms with Gasteiger partial charge in [-0.2, -0.15) is 0 Å². The molecule has 1 amide bonds. The van der Waals surface area contributed by atoms with E-state index in [0.29, 0.717) is 13.2 Å². The van der Waals surface area contributed by atoms with Gasteiger partial charge in [-0.15, -0.1) is 0 Å². The molecule has 1 aromatic rings. The second kappa shape index (κ2) is 6.10. The number of amides is 1. The second-order valence-electron chi connectivity index (χ2n) is 3.07. The van der Waals surface area contributed by atoms with Gasteiger partial charge in [-0.25, -0.2) is 0 Å². The van der Waals surface area contributed by atoms with Crippen molar-refractivity contribution in [1.82, 2.24) is 10.3 Å². The zero-order chi connectivity index (χ0) is 11.1. The number of carbonyl (C=O) groups is 1. The highest BCUT2D eigenvalue weighted by molar-refractivity contribution is 5.81. The molecule has 3 N–H and O–H groups in total. The third kappa shape index (κ3) is 3.65. The predicted octanol–water partition coefficient (Wildman–Crippen LogP) is -0.156. The molecule has 1 aromatic heterocycles. The maximum Gasteiger partial charge on any atom is 0.239 e. The van der Waals surface area contributed by atoms with E-state index in [1.165, 1.54) is 0 Å². The number of rotatable bonds is 6. The van der Waals surface area contributed by atoms with Crippen LogP contribution in [0.1, 0.15) is 11.6 Å². The number of methoxy groups -OCH3 is 1. The highest BCUT2D eigenvalue weighted by atomic mass is 16.5. The van der Waals surface area contributed by atoms with E-state index in [1.807, 2.05) is 6.07 Å². The Hall–Kier alpha value is -1.46. The Labute approximate surface area is 88.6 Å². The minimum absolute atomic E-state index is 0.417. The molecule has 5 nitrogen and oxygen atoms in total. The quantitative estimate of drug-likeness (QED) is 0.638. The zero-order valence-electron chi connectivity index (χ0n) is 8.64. The Morgan fingerprint density at radius 1 is 1.73 bits per heavy atom. The maximum absolute atomic E-state index is 11.2. The van der Waals surface area contributed by atoms with Crippen molar-refractivity contribution in [2.24, 2.45) is 5.73 Å². The second-order valence-corrected chi connectivity index (χ2v) is 3.07. The molecule has 1 atom stereocenters. The van der Waals surface area contributed by atoms with Gasteiger partial charge in [0.05, 0.1) is 6.61 Å². The smallest absolute Gasteiger partial charge is 0.239 e. The fraction of sp³-hybridized carbons (Fsp3) is 0.400. The molecule has 0 aliphatic rings. The largest absolute Gasteiger partial charge is 0.383 e. The molecule has 0 bridgehead atoms. The van der Waals surface area contributed by atoms with Gasteiger partial charge >= 0.3 is 0 Å². The highest BCUT2D eigenvalue weighted by Crippen LogP contribution is 2.09. The lowest BCUT2D eigenvalue weighted by Crippen LogP contribution is -2.35. The SMILES string of the molecule is COCCNC(C(N)=O)c1cccnc1. The molecule has 0 saturated heterocycles. The van der Waals surface area contributed by atoms with Gasteiger partial charge in [0.2, 0.25) is 5.91 Å². The van der Waals surface area contributed by atoms with E-state index in [2.05, 4.69) is 10.3 Å². The first kappa shape index (κ1) is 11.6.